The van der Waals surface area contributed by atoms with E-state index in [-0.39, 0.29) is 12.1 Å². The maximum atomic E-state index is 12.0. The normalized spacial score (nSPS) is 29.9. The lowest BCUT2D eigenvalue weighted by molar-refractivity contribution is -0.0591. The molecule has 0 radical (unpaired) electrons. The molecule has 0 spiro atoms. The number of rotatable bonds is 5. The fourth-order valence-corrected chi connectivity index (χ4v) is 4.65. The van der Waals surface area contributed by atoms with Crippen LogP contribution in [-0.2, 0) is 22.4 Å². The molecule has 138 valence electrons. The number of aromatic nitrogens is 2. The lowest BCUT2D eigenvalue weighted by Crippen LogP contribution is -2.33. The van der Waals surface area contributed by atoms with Crippen molar-refractivity contribution in [1.29, 1.82) is 0 Å². The zero-order valence-electron chi connectivity index (χ0n) is 15.2. The molecule has 0 amide bonds. The number of hydrogen-bond acceptors (Lipinski definition) is 5. The van der Waals surface area contributed by atoms with Crippen molar-refractivity contribution in [3.05, 3.63) is 29.6 Å². The van der Waals surface area contributed by atoms with Crippen molar-refractivity contribution in [2.75, 3.05) is 26.8 Å². The fourth-order valence-electron chi connectivity index (χ4n) is 4.65. The molecule has 3 fully saturated rings. The van der Waals surface area contributed by atoms with Crippen molar-refractivity contribution in [3.8, 4) is 0 Å². The zero-order chi connectivity index (χ0) is 17.7. The third-order valence-corrected chi connectivity index (χ3v) is 6.49. The van der Waals surface area contributed by atoms with Gasteiger partial charge in [-0.05, 0) is 61.9 Å². The van der Waals surface area contributed by atoms with Crippen LogP contribution in [0, 0.1) is 11.3 Å². The highest BCUT2D eigenvalue weighted by atomic mass is 16.5. The molecule has 3 aliphatic rings. The number of benzene rings is 1. The number of imidazole rings is 1. The molecule has 2 saturated heterocycles. The molecule has 6 nitrogen and oxygen atoms in total. The van der Waals surface area contributed by atoms with Gasteiger partial charge in [-0.1, -0.05) is 0 Å². The Bertz CT molecular complexity index is 857. The Morgan fingerprint density at radius 1 is 1.50 bits per heavy atom. The number of carbonyl (C=O) groups is 1. The van der Waals surface area contributed by atoms with Gasteiger partial charge in [-0.25, -0.2) is 9.78 Å². The quantitative estimate of drug-likeness (QED) is 0.833. The van der Waals surface area contributed by atoms with Crippen molar-refractivity contribution in [3.63, 3.8) is 0 Å². The molecule has 1 aromatic heterocycles. The largest absolute Gasteiger partial charge is 0.465 e. The molecule has 0 unspecified atom stereocenters. The summed E-state index contributed by atoms with van der Waals surface area (Å²) in [5.41, 5.74) is 2.97. The van der Waals surface area contributed by atoms with Crippen LogP contribution in [0.3, 0.4) is 0 Å². The van der Waals surface area contributed by atoms with Crippen molar-refractivity contribution in [2.24, 2.45) is 11.3 Å². The molecule has 3 atom stereocenters. The highest BCUT2D eigenvalue weighted by Gasteiger charge is 2.55. The summed E-state index contributed by atoms with van der Waals surface area (Å²) in [6, 6.07) is 5.66. The van der Waals surface area contributed by atoms with E-state index in [0.29, 0.717) is 11.0 Å². The van der Waals surface area contributed by atoms with E-state index in [4.69, 9.17) is 14.5 Å². The number of ether oxygens (including phenoxy) is 2. The molecular formula is C20H25N3O3. The minimum atomic E-state index is -0.305. The van der Waals surface area contributed by atoms with Gasteiger partial charge in [-0.3, -0.25) is 0 Å². The smallest absolute Gasteiger partial charge is 0.337 e. The first-order chi connectivity index (χ1) is 12.7. The van der Waals surface area contributed by atoms with Crippen molar-refractivity contribution in [1.82, 2.24) is 14.9 Å². The second-order valence-corrected chi connectivity index (χ2v) is 8.01. The van der Waals surface area contributed by atoms with Gasteiger partial charge in [-0.2, -0.15) is 0 Å². The van der Waals surface area contributed by atoms with Crippen LogP contribution in [0.4, 0.5) is 0 Å². The van der Waals surface area contributed by atoms with Gasteiger partial charge in [0.1, 0.15) is 5.82 Å². The molecule has 2 aliphatic heterocycles. The lowest BCUT2D eigenvalue weighted by Gasteiger charge is -2.28. The number of carbonyl (C=O) groups excluding carboxylic acids is 1. The molecule has 3 heterocycles. The number of fused-ring (bicyclic) bond motifs is 2. The monoisotopic (exact) mass is 355 g/mol. The van der Waals surface area contributed by atoms with E-state index >= 15 is 0 Å². The van der Waals surface area contributed by atoms with E-state index in [1.54, 1.807) is 6.07 Å². The van der Waals surface area contributed by atoms with Gasteiger partial charge in [0.25, 0.3) is 0 Å². The van der Waals surface area contributed by atoms with Crippen LogP contribution in [0.15, 0.2) is 18.2 Å². The van der Waals surface area contributed by atoms with Crippen LogP contribution in [-0.4, -0.2) is 48.4 Å². The minimum absolute atomic E-state index is 0.258. The third-order valence-electron chi connectivity index (χ3n) is 6.49. The van der Waals surface area contributed by atoms with Gasteiger partial charge in [0.05, 0.1) is 36.4 Å². The van der Waals surface area contributed by atoms with Crippen LogP contribution < -0.4 is 5.32 Å². The molecule has 1 saturated carbocycles. The number of nitrogens with zero attached hydrogens (tertiary/aromatic N) is 2. The van der Waals surface area contributed by atoms with E-state index in [0.717, 1.165) is 61.9 Å². The number of hydrogen-bond donors (Lipinski definition) is 1. The van der Waals surface area contributed by atoms with E-state index in [1.165, 1.54) is 20.0 Å². The van der Waals surface area contributed by atoms with Gasteiger partial charge in [-0.15, -0.1) is 0 Å². The second kappa shape index (κ2) is 6.06. The molecule has 0 bridgehead atoms. The van der Waals surface area contributed by atoms with Gasteiger partial charge >= 0.3 is 5.97 Å². The van der Waals surface area contributed by atoms with Gasteiger partial charge < -0.3 is 19.4 Å². The second-order valence-electron chi connectivity index (χ2n) is 8.01. The van der Waals surface area contributed by atoms with Crippen LogP contribution >= 0.6 is 0 Å². The number of esters is 1. The van der Waals surface area contributed by atoms with Crippen molar-refractivity contribution >= 4 is 17.0 Å². The summed E-state index contributed by atoms with van der Waals surface area (Å²) in [5.74, 6) is 1.62. The maximum Gasteiger partial charge on any atom is 0.337 e. The molecule has 6 heteroatoms. The van der Waals surface area contributed by atoms with E-state index in [2.05, 4.69) is 9.88 Å². The van der Waals surface area contributed by atoms with Crippen LogP contribution in [0.5, 0.6) is 0 Å². The van der Waals surface area contributed by atoms with E-state index in [1.807, 2.05) is 12.1 Å². The van der Waals surface area contributed by atoms with Gasteiger partial charge in [0.2, 0.25) is 0 Å². The molecule has 1 N–H and O–H groups in total. The standard InChI is InChI=1S/C20H25N3O3/c1-25-19(24)13-2-3-16-17(8-13)23(12-15-4-7-26-15)18(22-16)10-20-5-6-21-11-14(20)9-20/h2-3,8,14-15,21H,4-7,9-12H2,1H3/t14-,15+,20-/m1/s1. The topological polar surface area (TPSA) is 65.4 Å². The molecule has 26 heavy (non-hydrogen) atoms. The molecule has 1 aromatic carbocycles. The highest BCUT2D eigenvalue weighted by molar-refractivity contribution is 5.93. The Labute approximate surface area is 152 Å². The van der Waals surface area contributed by atoms with Crippen LogP contribution in [0.25, 0.3) is 11.0 Å². The summed E-state index contributed by atoms with van der Waals surface area (Å²) in [4.78, 5) is 16.9. The summed E-state index contributed by atoms with van der Waals surface area (Å²) >= 11 is 0. The highest BCUT2D eigenvalue weighted by Crippen LogP contribution is 2.58. The van der Waals surface area contributed by atoms with Crippen LogP contribution in [0.2, 0.25) is 0 Å². The maximum absolute atomic E-state index is 12.0. The first kappa shape index (κ1) is 16.3. The molecule has 5 rings (SSSR count). The van der Waals surface area contributed by atoms with E-state index < -0.39 is 0 Å². The molecular weight excluding hydrogens is 330 g/mol. The summed E-state index contributed by atoms with van der Waals surface area (Å²) in [5, 5.41) is 3.51. The van der Waals surface area contributed by atoms with Crippen LogP contribution in [0.1, 0.15) is 35.4 Å². The van der Waals surface area contributed by atoms with Crippen molar-refractivity contribution in [2.45, 2.75) is 38.3 Å². The Morgan fingerprint density at radius 2 is 2.38 bits per heavy atom. The Hall–Kier alpha value is -1.92. The number of methoxy groups -OCH3 is 1. The van der Waals surface area contributed by atoms with Gasteiger partial charge in [0, 0.05) is 13.0 Å². The third kappa shape index (κ3) is 2.63. The van der Waals surface area contributed by atoms with Crippen molar-refractivity contribution < 1.29 is 14.3 Å². The Balaban J connectivity index is 1.53. The zero-order valence-corrected chi connectivity index (χ0v) is 15.2. The summed E-state index contributed by atoms with van der Waals surface area (Å²) in [6.07, 6.45) is 4.90. The van der Waals surface area contributed by atoms with Gasteiger partial charge in [0.15, 0.2) is 0 Å². The SMILES string of the molecule is COC(=O)c1ccc2nc(C[C@]34CCNC[C@H]3C4)n(C[C@@H]3CCO3)c2c1. The average molecular weight is 355 g/mol. The number of piperidine rings is 1. The fraction of sp³-hybridized carbons (Fsp3) is 0.600. The predicted octanol–water partition coefficient (Wildman–Crippen LogP) is 2.15. The van der Waals surface area contributed by atoms with E-state index in [9.17, 15) is 4.79 Å². The molecule has 2 aromatic rings. The first-order valence-electron chi connectivity index (χ1n) is 9.58. The summed E-state index contributed by atoms with van der Waals surface area (Å²) < 4.78 is 12.9. The Morgan fingerprint density at radius 3 is 3.12 bits per heavy atom. The predicted molar refractivity (Wildman–Crippen MR) is 97.2 cm³/mol. The average Bonchev–Trinajstić information content (AvgIpc) is 3.25. The lowest BCUT2D eigenvalue weighted by atomic mass is 9.92. The molecule has 1 aliphatic carbocycles. The minimum Gasteiger partial charge on any atom is -0.465 e. The number of nitrogens with one attached hydrogen (secondary N) is 1. The Kier molecular flexibility index (Phi) is 3.79. The first-order valence-corrected chi connectivity index (χ1v) is 9.58. The summed E-state index contributed by atoms with van der Waals surface area (Å²) in [7, 11) is 1.42. The summed E-state index contributed by atoms with van der Waals surface area (Å²) in [6.45, 7) is 3.90.